The van der Waals surface area contributed by atoms with Gasteiger partial charge in [-0.05, 0) is 59.6 Å². The molecular weight excluding hydrogens is 431 g/mol. The molecule has 2 aromatic carbocycles. The number of ether oxygens (including phenoxy) is 1. The van der Waals surface area contributed by atoms with Crippen LogP contribution in [0.4, 0.5) is 13.2 Å². The zero-order valence-corrected chi connectivity index (χ0v) is 18.6. The molecule has 0 bridgehead atoms. The smallest absolute Gasteiger partial charge is 0.416 e. The Bertz CT molecular complexity index is 1030. The summed E-state index contributed by atoms with van der Waals surface area (Å²) in [6.07, 6.45) is -2.84. The third kappa shape index (κ3) is 4.81. The first kappa shape index (κ1) is 22.6. The highest BCUT2D eigenvalue weighted by atomic mass is 35.5. The largest absolute Gasteiger partial charge is 0.488 e. The number of benzene rings is 2. The quantitative estimate of drug-likeness (QED) is 0.363. The molecule has 160 valence electrons. The third-order valence-electron chi connectivity index (χ3n) is 4.99. The van der Waals surface area contributed by atoms with Gasteiger partial charge in [0, 0.05) is 5.56 Å². The van der Waals surface area contributed by atoms with Crippen molar-refractivity contribution in [2.45, 2.75) is 52.8 Å². The molecule has 0 amide bonds. The molecule has 0 saturated heterocycles. The number of hydrogen-bond donors (Lipinski definition) is 0. The van der Waals surface area contributed by atoms with Crippen LogP contribution in [-0.2, 0) is 25.6 Å². The van der Waals surface area contributed by atoms with Gasteiger partial charge >= 0.3 is 6.18 Å². The SMILES string of the molecule is CCCc1cc(CC)c(OCc2c(Cl)nsc2-c2ccccc2C)cc1C(F)(F)F. The second-order valence-electron chi connectivity index (χ2n) is 7.10. The molecule has 0 spiro atoms. The number of alkyl halides is 3. The maximum atomic E-state index is 13.6. The molecular formula is C23H23ClF3NOS. The second-order valence-corrected chi connectivity index (χ2v) is 8.23. The summed E-state index contributed by atoms with van der Waals surface area (Å²) in [7, 11) is 0. The van der Waals surface area contributed by atoms with Crippen LogP contribution in [0.3, 0.4) is 0 Å². The van der Waals surface area contributed by atoms with Gasteiger partial charge in [-0.3, -0.25) is 0 Å². The summed E-state index contributed by atoms with van der Waals surface area (Å²) in [5, 5.41) is 0.315. The Labute approximate surface area is 183 Å². The van der Waals surface area contributed by atoms with Crippen LogP contribution >= 0.6 is 23.1 Å². The zero-order chi connectivity index (χ0) is 21.9. The van der Waals surface area contributed by atoms with Gasteiger partial charge in [0.05, 0.1) is 10.4 Å². The molecule has 0 saturated carbocycles. The third-order valence-corrected chi connectivity index (χ3v) is 6.33. The van der Waals surface area contributed by atoms with E-state index in [1.54, 1.807) is 6.07 Å². The topological polar surface area (TPSA) is 22.1 Å². The van der Waals surface area contributed by atoms with E-state index in [0.717, 1.165) is 27.6 Å². The highest BCUT2D eigenvalue weighted by molar-refractivity contribution is 7.10. The van der Waals surface area contributed by atoms with Crippen LogP contribution < -0.4 is 4.74 Å². The highest BCUT2D eigenvalue weighted by Crippen LogP contribution is 2.39. The Kier molecular flexibility index (Phi) is 7.09. The van der Waals surface area contributed by atoms with E-state index in [2.05, 4.69) is 4.37 Å². The summed E-state index contributed by atoms with van der Waals surface area (Å²) in [4.78, 5) is 0.870. The van der Waals surface area contributed by atoms with Crippen LogP contribution in [0.25, 0.3) is 10.4 Å². The van der Waals surface area contributed by atoms with Crippen LogP contribution in [-0.4, -0.2) is 4.37 Å². The fourth-order valence-corrected chi connectivity index (χ4v) is 4.61. The molecule has 0 aliphatic heterocycles. The van der Waals surface area contributed by atoms with Gasteiger partial charge in [0.25, 0.3) is 0 Å². The number of nitrogens with zero attached hydrogens (tertiary/aromatic N) is 1. The molecule has 0 aliphatic rings. The number of hydrogen-bond acceptors (Lipinski definition) is 3. The molecule has 2 nitrogen and oxygen atoms in total. The van der Waals surface area contributed by atoms with Crippen molar-refractivity contribution in [3.63, 3.8) is 0 Å². The average Bonchev–Trinajstić information content (AvgIpc) is 3.06. The fraction of sp³-hybridized carbons (Fsp3) is 0.348. The molecule has 1 heterocycles. The monoisotopic (exact) mass is 453 g/mol. The maximum absolute atomic E-state index is 13.6. The lowest BCUT2D eigenvalue weighted by atomic mass is 9.97. The summed E-state index contributed by atoms with van der Waals surface area (Å²) < 4.78 is 51.0. The van der Waals surface area contributed by atoms with Crippen LogP contribution in [0.15, 0.2) is 36.4 Å². The van der Waals surface area contributed by atoms with Crippen LogP contribution in [0.2, 0.25) is 5.15 Å². The van der Waals surface area contributed by atoms with Crippen molar-refractivity contribution in [3.05, 3.63) is 69.4 Å². The van der Waals surface area contributed by atoms with E-state index in [1.165, 1.54) is 11.5 Å². The molecule has 3 rings (SSSR count). The summed E-state index contributed by atoms with van der Waals surface area (Å²) >= 11 is 7.56. The normalized spacial score (nSPS) is 11.7. The number of aromatic nitrogens is 1. The average molecular weight is 454 g/mol. The van der Waals surface area contributed by atoms with Crippen molar-refractivity contribution in [1.82, 2.24) is 4.37 Å². The summed E-state index contributed by atoms with van der Waals surface area (Å²) in [5.74, 6) is 0.239. The molecule has 3 aromatic rings. The molecule has 0 radical (unpaired) electrons. The Hall–Kier alpha value is -2.05. The molecule has 0 unspecified atom stereocenters. The Morgan fingerprint density at radius 3 is 2.47 bits per heavy atom. The second kappa shape index (κ2) is 9.40. The Morgan fingerprint density at radius 2 is 1.83 bits per heavy atom. The maximum Gasteiger partial charge on any atom is 0.416 e. The van der Waals surface area contributed by atoms with Gasteiger partial charge in [-0.25, -0.2) is 0 Å². The van der Waals surface area contributed by atoms with Crippen molar-refractivity contribution in [1.29, 1.82) is 0 Å². The standard InChI is InChI=1S/C23H23ClF3NOS/c1-4-8-16-11-15(5-2)20(12-19(16)23(25,26)27)29-13-18-21(30-28-22(18)24)17-10-7-6-9-14(17)3/h6-7,9-12H,4-5,8,13H2,1-3H3. The van der Waals surface area contributed by atoms with E-state index in [-0.39, 0.29) is 12.4 Å². The molecule has 1 aromatic heterocycles. The van der Waals surface area contributed by atoms with Crippen LogP contribution in [0.1, 0.15) is 48.1 Å². The van der Waals surface area contributed by atoms with Crippen molar-refractivity contribution in [2.75, 3.05) is 0 Å². The van der Waals surface area contributed by atoms with Crippen LogP contribution in [0.5, 0.6) is 5.75 Å². The molecule has 0 aliphatic carbocycles. The summed E-state index contributed by atoms with van der Waals surface area (Å²) in [6.45, 7) is 5.82. The van der Waals surface area contributed by atoms with Crippen LogP contribution in [0, 0.1) is 6.92 Å². The zero-order valence-electron chi connectivity index (χ0n) is 17.1. The van der Waals surface area contributed by atoms with E-state index in [9.17, 15) is 13.2 Å². The van der Waals surface area contributed by atoms with Gasteiger partial charge < -0.3 is 4.74 Å². The molecule has 0 atom stereocenters. The minimum absolute atomic E-state index is 0.0520. The fourth-order valence-electron chi connectivity index (χ4n) is 3.43. The van der Waals surface area contributed by atoms with E-state index >= 15 is 0 Å². The summed E-state index contributed by atoms with van der Waals surface area (Å²) in [6, 6.07) is 10.6. The molecule has 30 heavy (non-hydrogen) atoms. The predicted octanol–water partition coefficient (Wildman–Crippen LogP) is 7.88. The van der Waals surface area contributed by atoms with Gasteiger partial charge in [0.1, 0.15) is 17.5 Å². The Morgan fingerprint density at radius 1 is 1.10 bits per heavy atom. The first-order chi connectivity index (χ1) is 14.3. The van der Waals surface area contributed by atoms with Gasteiger partial charge in [0.2, 0.25) is 0 Å². The van der Waals surface area contributed by atoms with Gasteiger partial charge in [-0.1, -0.05) is 62.2 Å². The van der Waals surface area contributed by atoms with E-state index in [0.29, 0.717) is 35.5 Å². The van der Waals surface area contributed by atoms with Gasteiger partial charge in [-0.15, -0.1) is 0 Å². The predicted molar refractivity (Wildman–Crippen MR) is 116 cm³/mol. The van der Waals surface area contributed by atoms with E-state index < -0.39 is 11.7 Å². The summed E-state index contributed by atoms with van der Waals surface area (Å²) in [5.41, 5.74) is 3.17. The molecule has 7 heteroatoms. The lowest BCUT2D eigenvalue weighted by Crippen LogP contribution is -2.11. The molecule has 0 N–H and O–H groups in total. The van der Waals surface area contributed by atoms with Gasteiger partial charge in [0.15, 0.2) is 0 Å². The minimum Gasteiger partial charge on any atom is -0.488 e. The van der Waals surface area contributed by atoms with E-state index in [1.807, 2.05) is 45.0 Å². The van der Waals surface area contributed by atoms with Crippen molar-refractivity contribution in [2.24, 2.45) is 0 Å². The molecule has 0 fully saturated rings. The number of halogens is 4. The van der Waals surface area contributed by atoms with Crippen molar-refractivity contribution < 1.29 is 17.9 Å². The van der Waals surface area contributed by atoms with E-state index in [4.69, 9.17) is 16.3 Å². The first-order valence-corrected chi connectivity index (χ1v) is 11.0. The lowest BCUT2D eigenvalue weighted by molar-refractivity contribution is -0.138. The minimum atomic E-state index is -4.43. The van der Waals surface area contributed by atoms with Gasteiger partial charge in [-0.2, -0.15) is 17.5 Å². The number of rotatable bonds is 7. The first-order valence-electron chi connectivity index (χ1n) is 9.82. The highest BCUT2D eigenvalue weighted by Gasteiger charge is 2.34. The number of aryl methyl sites for hydroxylation is 3. The van der Waals surface area contributed by atoms with Crippen molar-refractivity contribution >= 4 is 23.1 Å². The lowest BCUT2D eigenvalue weighted by Gasteiger charge is -2.18. The van der Waals surface area contributed by atoms with Crippen molar-refractivity contribution in [3.8, 4) is 16.2 Å². The Balaban J connectivity index is 1.97.